The Morgan fingerprint density at radius 2 is 1.94 bits per heavy atom. The molecule has 0 atom stereocenters. The van der Waals surface area contributed by atoms with Crippen molar-refractivity contribution in [2.75, 3.05) is 20.8 Å². The molecule has 0 saturated heterocycles. The maximum atomic E-state index is 12.1. The highest BCUT2D eigenvalue weighted by Crippen LogP contribution is 2.37. The van der Waals surface area contributed by atoms with Crippen LogP contribution in [0.3, 0.4) is 0 Å². The van der Waals surface area contributed by atoms with Gasteiger partial charge >= 0.3 is 5.97 Å². The summed E-state index contributed by atoms with van der Waals surface area (Å²) in [5.74, 6) is 0.411. The van der Waals surface area contributed by atoms with Crippen molar-refractivity contribution in [3.8, 4) is 23.1 Å². The van der Waals surface area contributed by atoms with Crippen LogP contribution in [0.1, 0.15) is 16.1 Å². The molecular weight excluding hydrogens is 418 g/mol. The Hall–Kier alpha value is -4.34. The summed E-state index contributed by atoms with van der Waals surface area (Å²) in [6, 6.07) is 8.29. The van der Waals surface area contributed by atoms with Gasteiger partial charge in [-0.05, 0) is 25.1 Å². The average Bonchev–Trinajstić information content (AvgIpc) is 3.11. The van der Waals surface area contributed by atoms with Crippen LogP contribution < -0.4 is 19.5 Å². The number of aliphatic carboxylic acids is 1. The molecule has 2 aromatic heterocycles. The Labute approximate surface area is 181 Å². The van der Waals surface area contributed by atoms with Crippen molar-refractivity contribution in [3.63, 3.8) is 0 Å². The third-order valence-corrected chi connectivity index (χ3v) is 4.74. The number of aryl methyl sites for hydroxylation is 1. The molecule has 0 unspecified atom stereocenters. The van der Waals surface area contributed by atoms with E-state index in [9.17, 15) is 9.59 Å². The molecule has 4 rings (SSSR count). The molecule has 0 fully saturated rings. The number of amides is 1. The summed E-state index contributed by atoms with van der Waals surface area (Å²) in [6.45, 7) is 1.20. The third-order valence-electron chi connectivity index (χ3n) is 4.74. The predicted molar refractivity (Wildman–Crippen MR) is 114 cm³/mol. The number of aromatic nitrogens is 2. The number of methoxy groups -OCH3 is 1. The standard InChI is InChI=1S/C22H19N3O7/c1-11-20(21(28)23-2)13-5-4-12(6-16(13)31-11)32-22-14-7-17(29-3)18(30-9-19(26)27)8-15(14)24-10-25-22/h4-8,10H,9H2,1-3H3,(H,23,28)(H,26,27). The number of rotatable bonds is 7. The molecule has 2 N–H and O–H groups in total. The summed E-state index contributed by atoms with van der Waals surface area (Å²) in [5, 5.41) is 12.7. The summed E-state index contributed by atoms with van der Waals surface area (Å²) in [6.07, 6.45) is 1.32. The van der Waals surface area contributed by atoms with E-state index in [1.807, 2.05) is 0 Å². The first kappa shape index (κ1) is 20.9. The Morgan fingerprint density at radius 1 is 1.12 bits per heavy atom. The van der Waals surface area contributed by atoms with E-state index in [1.165, 1.54) is 13.4 Å². The Bertz CT molecular complexity index is 1350. The Balaban J connectivity index is 1.71. The first-order chi connectivity index (χ1) is 15.4. The molecule has 0 saturated carbocycles. The fourth-order valence-corrected chi connectivity index (χ4v) is 3.32. The monoisotopic (exact) mass is 437 g/mol. The van der Waals surface area contributed by atoms with E-state index in [0.717, 1.165) is 0 Å². The maximum Gasteiger partial charge on any atom is 0.341 e. The van der Waals surface area contributed by atoms with Crippen LogP contribution in [0.2, 0.25) is 0 Å². The minimum absolute atomic E-state index is 0.232. The van der Waals surface area contributed by atoms with Gasteiger partial charge in [0.25, 0.3) is 5.91 Å². The SMILES string of the molecule is CNC(=O)c1c(C)oc2cc(Oc3ncnc4cc(OCC(=O)O)c(OC)cc34)ccc12. The molecule has 0 aliphatic heterocycles. The predicted octanol–water partition coefficient (Wildman–Crippen LogP) is 3.31. The van der Waals surface area contributed by atoms with Crippen molar-refractivity contribution >= 4 is 33.7 Å². The van der Waals surface area contributed by atoms with Crippen molar-refractivity contribution in [3.05, 3.63) is 48.0 Å². The molecule has 164 valence electrons. The second-order valence-corrected chi connectivity index (χ2v) is 6.75. The molecule has 2 heterocycles. The number of hydrogen-bond donors (Lipinski definition) is 2. The highest BCUT2D eigenvalue weighted by Gasteiger charge is 2.18. The van der Waals surface area contributed by atoms with Crippen LogP contribution in [0.25, 0.3) is 21.9 Å². The van der Waals surface area contributed by atoms with E-state index in [0.29, 0.717) is 44.7 Å². The fourth-order valence-electron chi connectivity index (χ4n) is 3.32. The highest BCUT2D eigenvalue weighted by atomic mass is 16.5. The second-order valence-electron chi connectivity index (χ2n) is 6.75. The zero-order chi connectivity index (χ0) is 22.8. The van der Waals surface area contributed by atoms with E-state index < -0.39 is 12.6 Å². The van der Waals surface area contributed by atoms with Crippen molar-refractivity contribution < 1.29 is 33.3 Å². The second kappa shape index (κ2) is 8.42. The minimum Gasteiger partial charge on any atom is -0.493 e. The van der Waals surface area contributed by atoms with Crippen molar-refractivity contribution in [2.45, 2.75) is 6.92 Å². The lowest BCUT2D eigenvalue weighted by molar-refractivity contribution is -0.139. The van der Waals surface area contributed by atoms with Crippen molar-refractivity contribution in [1.29, 1.82) is 0 Å². The van der Waals surface area contributed by atoms with Crippen LogP contribution in [0.15, 0.2) is 41.1 Å². The fraction of sp³-hybridized carbons (Fsp3) is 0.182. The smallest absolute Gasteiger partial charge is 0.341 e. The van der Waals surface area contributed by atoms with Crippen LogP contribution in [-0.4, -0.2) is 47.7 Å². The van der Waals surface area contributed by atoms with Gasteiger partial charge in [-0.15, -0.1) is 0 Å². The number of fused-ring (bicyclic) bond motifs is 2. The summed E-state index contributed by atoms with van der Waals surface area (Å²) >= 11 is 0. The van der Waals surface area contributed by atoms with Gasteiger partial charge in [0.15, 0.2) is 18.1 Å². The van der Waals surface area contributed by atoms with E-state index in [2.05, 4.69) is 15.3 Å². The van der Waals surface area contributed by atoms with E-state index >= 15 is 0 Å². The largest absolute Gasteiger partial charge is 0.493 e. The molecule has 0 aliphatic rings. The summed E-state index contributed by atoms with van der Waals surface area (Å²) < 4.78 is 22.3. The molecule has 0 bridgehead atoms. The van der Waals surface area contributed by atoms with Gasteiger partial charge in [0.05, 0.1) is 23.6 Å². The van der Waals surface area contributed by atoms with Crippen LogP contribution >= 0.6 is 0 Å². The molecule has 0 aliphatic carbocycles. The normalized spacial score (nSPS) is 10.8. The molecule has 32 heavy (non-hydrogen) atoms. The average molecular weight is 437 g/mol. The number of carbonyl (C=O) groups excluding carboxylic acids is 1. The van der Waals surface area contributed by atoms with Gasteiger partial charge in [-0.25, -0.2) is 14.8 Å². The van der Waals surface area contributed by atoms with Gasteiger partial charge in [0, 0.05) is 24.6 Å². The van der Waals surface area contributed by atoms with E-state index in [-0.39, 0.29) is 17.5 Å². The summed E-state index contributed by atoms with van der Waals surface area (Å²) in [5.41, 5.74) is 1.45. The number of nitrogens with one attached hydrogen (secondary N) is 1. The highest BCUT2D eigenvalue weighted by molar-refractivity contribution is 6.07. The van der Waals surface area contributed by atoms with E-state index in [1.54, 1.807) is 44.3 Å². The van der Waals surface area contributed by atoms with Crippen LogP contribution in [0.4, 0.5) is 0 Å². The topological polar surface area (TPSA) is 133 Å². The first-order valence-corrected chi connectivity index (χ1v) is 9.51. The van der Waals surface area contributed by atoms with E-state index in [4.69, 9.17) is 23.7 Å². The molecular formula is C22H19N3O7. The Kier molecular flexibility index (Phi) is 5.50. The van der Waals surface area contributed by atoms with Gasteiger partial charge in [-0.2, -0.15) is 0 Å². The number of carboxylic acid groups (broad SMARTS) is 1. The molecule has 1 amide bonds. The minimum atomic E-state index is -1.11. The maximum absolute atomic E-state index is 12.1. The number of furan rings is 1. The van der Waals surface area contributed by atoms with Crippen LogP contribution in [-0.2, 0) is 4.79 Å². The number of hydrogen-bond acceptors (Lipinski definition) is 8. The molecule has 4 aromatic rings. The summed E-state index contributed by atoms with van der Waals surface area (Å²) in [7, 11) is 3.00. The van der Waals surface area contributed by atoms with Gasteiger partial charge < -0.3 is 29.1 Å². The van der Waals surface area contributed by atoms with Crippen LogP contribution in [0, 0.1) is 6.92 Å². The molecule has 10 heteroatoms. The zero-order valence-corrected chi connectivity index (χ0v) is 17.5. The third kappa shape index (κ3) is 3.85. The molecule has 0 spiro atoms. The first-order valence-electron chi connectivity index (χ1n) is 9.51. The van der Waals surface area contributed by atoms with Gasteiger partial charge in [0.1, 0.15) is 23.4 Å². The lowest BCUT2D eigenvalue weighted by Crippen LogP contribution is -2.18. The lowest BCUT2D eigenvalue weighted by atomic mass is 10.1. The van der Waals surface area contributed by atoms with Gasteiger partial charge in [-0.3, -0.25) is 4.79 Å². The zero-order valence-electron chi connectivity index (χ0n) is 17.5. The number of carboxylic acids is 1. The number of benzene rings is 2. The number of carbonyl (C=O) groups is 2. The van der Waals surface area contributed by atoms with Crippen molar-refractivity contribution in [2.24, 2.45) is 0 Å². The molecule has 10 nitrogen and oxygen atoms in total. The van der Waals surface area contributed by atoms with Crippen molar-refractivity contribution in [1.82, 2.24) is 15.3 Å². The molecule has 2 aromatic carbocycles. The van der Waals surface area contributed by atoms with Gasteiger partial charge in [0.2, 0.25) is 5.88 Å². The summed E-state index contributed by atoms with van der Waals surface area (Å²) in [4.78, 5) is 31.4. The van der Waals surface area contributed by atoms with Gasteiger partial charge in [-0.1, -0.05) is 0 Å². The Morgan fingerprint density at radius 3 is 2.66 bits per heavy atom. The van der Waals surface area contributed by atoms with Crippen LogP contribution in [0.5, 0.6) is 23.1 Å². The lowest BCUT2D eigenvalue weighted by Gasteiger charge is -2.12. The molecule has 0 radical (unpaired) electrons. The number of ether oxygens (including phenoxy) is 3. The quantitative estimate of drug-likeness (QED) is 0.447. The number of nitrogens with zero attached hydrogens (tertiary/aromatic N) is 2.